The van der Waals surface area contributed by atoms with Gasteiger partial charge in [0.05, 0.1) is 40.0 Å². The minimum Gasteiger partial charge on any atom is -0.307 e. The van der Waals surface area contributed by atoms with Crippen LogP contribution in [-0.2, 0) is 0 Å². The second-order valence-electron chi connectivity index (χ2n) is 19.1. The first-order chi connectivity index (χ1) is 38.0. The fourth-order valence-electron chi connectivity index (χ4n) is 10.7. The van der Waals surface area contributed by atoms with Crippen molar-refractivity contribution < 1.29 is 0 Å². The molecule has 0 aliphatic rings. The molecular formula is C68H43N9. The fraction of sp³-hybridized carbons (Fsp3) is 0.0147. The van der Waals surface area contributed by atoms with Gasteiger partial charge in [0.2, 0.25) is 0 Å². The van der Waals surface area contributed by atoms with Crippen LogP contribution in [0.2, 0.25) is 0 Å². The molecule has 0 N–H and O–H groups in total. The van der Waals surface area contributed by atoms with E-state index in [0.29, 0.717) is 40.6 Å². The van der Waals surface area contributed by atoms with Crippen LogP contribution in [-0.4, -0.2) is 39.0 Å². The molecule has 0 amide bonds. The van der Waals surface area contributed by atoms with E-state index in [1.54, 1.807) is 0 Å². The highest BCUT2D eigenvalue weighted by Gasteiger charge is 2.24. The Balaban J connectivity index is 1.04. The Labute approximate surface area is 443 Å². The van der Waals surface area contributed by atoms with Crippen molar-refractivity contribution in [1.82, 2.24) is 39.0 Å². The third-order valence-electron chi connectivity index (χ3n) is 14.4. The SMILES string of the molecule is [C-]#[N+]c1cccc(-c2cc(-n3c4ccccc4c4ccc(-c5nc(-c6ccccc6)nc(-c6ccccc6)n5)cc43)c(-n3c4ccccc4c4ccc(-c5nc(-c6ccccc6)nc(-c6ccccc6)n5)cc43)cc2C)c1. The lowest BCUT2D eigenvalue weighted by Crippen LogP contribution is -2.06. The Hall–Kier alpha value is -10.7. The molecule has 9 nitrogen and oxygen atoms in total. The lowest BCUT2D eigenvalue weighted by atomic mass is 9.98. The standard InChI is InChI=1S/C68H43N9/c1-43-38-61(76-57-32-17-15-30-52(57)54-36-34-49(40-59(54)76)67-72-63(44-20-7-3-8-21-44)70-64(73-67)45-22-9-4-10-23-45)62(42-56(43)48-28-19-29-51(39-48)69-2)77-58-33-18-16-31-53(58)55-37-35-50(41-60(55)77)68-74-65(46-24-11-5-12-25-46)71-66(75-68)47-26-13-6-14-27-47/h3-42H,1H3. The smallest absolute Gasteiger partial charge is 0.187 e. The quantitative estimate of drug-likeness (QED) is 0.134. The third-order valence-corrected chi connectivity index (χ3v) is 14.4. The molecule has 14 rings (SSSR count). The number of benzene rings is 10. The molecular weight excluding hydrogens is 943 g/mol. The van der Waals surface area contributed by atoms with Gasteiger partial charge in [-0.2, -0.15) is 0 Å². The maximum atomic E-state index is 7.97. The Kier molecular flexibility index (Phi) is 10.9. The van der Waals surface area contributed by atoms with E-state index in [-0.39, 0.29) is 0 Å². The molecule has 0 saturated heterocycles. The van der Waals surface area contributed by atoms with Crippen molar-refractivity contribution in [2.24, 2.45) is 0 Å². The number of fused-ring (bicyclic) bond motifs is 6. The molecule has 0 spiro atoms. The van der Waals surface area contributed by atoms with Crippen LogP contribution in [0.1, 0.15) is 5.56 Å². The number of para-hydroxylation sites is 2. The molecule has 4 heterocycles. The van der Waals surface area contributed by atoms with Crippen LogP contribution in [0, 0.1) is 13.5 Å². The average molecular weight is 986 g/mol. The van der Waals surface area contributed by atoms with Crippen LogP contribution < -0.4 is 0 Å². The normalized spacial score (nSPS) is 11.4. The summed E-state index contributed by atoms with van der Waals surface area (Å²) in [6.07, 6.45) is 0. The van der Waals surface area contributed by atoms with Crippen molar-refractivity contribution >= 4 is 49.3 Å². The van der Waals surface area contributed by atoms with Crippen molar-refractivity contribution in [2.45, 2.75) is 6.92 Å². The van der Waals surface area contributed by atoms with E-state index in [0.717, 1.165) is 105 Å². The van der Waals surface area contributed by atoms with Gasteiger partial charge in [0.25, 0.3) is 0 Å². The zero-order valence-electron chi connectivity index (χ0n) is 41.6. The van der Waals surface area contributed by atoms with Gasteiger partial charge >= 0.3 is 0 Å². The minimum absolute atomic E-state index is 0.566. The van der Waals surface area contributed by atoms with Gasteiger partial charge in [-0.05, 0) is 66.1 Å². The van der Waals surface area contributed by atoms with Crippen LogP contribution >= 0.6 is 0 Å². The molecule has 0 unspecified atom stereocenters. The molecule has 4 aromatic heterocycles. The lowest BCUT2D eigenvalue weighted by Gasteiger charge is -2.20. The van der Waals surface area contributed by atoms with Gasteiger partial charge < -0.3 is 9.13 Å². The third kappa shape index (κ3) is 7.96. The van der Waals surface area contributed by atoms with Crippen LogP contribution in [0.3, 0.4) is 0 Å². The second kappa shape index (κ2) is 18.7. The zero-order chi connectivity index (χ0) is 51.4. The van der Waals surface area contributed by atoms with Crippen LogP contribution in [0.15, 0.2) is 243 Å². The van der Waals surface area contributed by atoms with Gasteiger partial charge in [0.1, 0.15) is 0 Å². The van der Waals surface area contributed by atoms with Gasteiger partial charge in [-0.1, -0.05) is 200 Å². The minimum atomic E-state index is 0.566. The van der Waals surface area contributed by atoms with E-state index in [1.165, 1.54) is 0 Å². The number of rotatable bonds is 9. The van der Waals surface area contributed by atoms with E-state index >= 15 is 0 Å². The molecule has 9 heteroatoms. The average Bonchev–Trinajstić information content (AvgIpc) is 4.07. The molecule has 0 atom stereocenters. The number of nitrogens with zero attached hydrogens (tertiary/aromatic N) is 9. The fourth-order valence-corrected chi connectivity index (χ4v) is 10.7. The van der Waals surface area contributed by atoms with Crippen LogP contribution in [0.25, 0.3) is 139 Å². The monoisotopic (exact) mass is 985 g/mol. The van der Waals surface area contributed by atoms with Crippen LogP contribution in [0.4, 0.5) is 5.69 Å². The summed E-state index contributed by atoms with van der Waals surface area (Å²) >= 11 is 0. The largest absolute Gasteiger partial charge is 0.307 e. The molecule has 10 aromatic carbocycles. The van der Waals surface area contributed by atoms with Gasteiger partial charge in [0.15, 0.2) is 40.6 Å². The molecule has 0 aliphatic heterocycles. The maximum absolute atomic E-state index is 7.97. The number of hydrogen-bond donors (Lipinski definition) is 0. The summed E-state index contributed by atoms with van der Waals surface area (Å²) in [4.78, 5) is 34.6. The summed E-state index contributed by atoms with van der Waals surface area (Å²) in [7, 11) is 0. The summed E-state index contributed by atoms with van der Waals surface area (Å²) in [6.45, 7) is 10.1. The lowest BCUT2D eigenvalue weighted by molar-refractivity contribution is 1.07. The molecule has 0 aliphatic carbocycles. The predicted octanol–water partition coefficient (Wildman–Crippen LogP) is 16.8. The van der Waals surface area contributed by atoms with E-state index in [9.17, 15) is 0 Å². The van der Waals surface area contributed by atoms with Gasteiger partial charge in [-0.3, -0.25) is 0 Å². The number of aryl methyl sites for hydroxylation is 1. The second-order valence-corrected chi connectivity index (χ2v) is 19.1. The first kappa shape index (κ1) is 45.0. The Morgan fingerprint density at radius 2 is 0.649 bits per heavy atom. The van der Waals surface area contributed by atoms with E-state index in [1.807, 2.05) is 140 Å². The summed E-state index contributed by atoms with van der Waals surface area (Å²) in [5, 5.41) is 4.38. The molecule has 0 radical (unpaired) electrons. The van der Waals surface area contributed by atoms with Crippen molar-refractivity contribution in [2.75, 3.05) is 0 Å². The van der Waals surface area contributed by atoms with E-state index < -0.39 is 0 Å². The highest BCUT2D eigenvalue weighted by Crippen LogP contribution is 2.43. The topological polar surface area (TPSA) is 91.6 Å². The molecule has 0 bridgehead atoms. The molecule has 0 saturated carbocycles. The molecule has 77 heavy (non-hydrogen) atoms. The predicted molar refractivity (Wildman–Crippen MR) is 311 cm³/mol. The highest BCUT2D eigenvalue weighted by atomic mass is 15.1. The van der Waals surface area contributed by atoms with Crippen molar-refractivity contribution in [3.8, 4) is 90.8 Å². The van der Waals surface area contributed by atoms with Gasteiger partial charge in [0, 0.05) is 54.9 Å². The summed E-state index contributed by atoms with van der Waals surface area (Å²) in [6, 6.07) is 83.1. The van der Waals surface area contributed by atoms with Crippen molar-refractivity contribution in [3.63, 3.8) is 0 Å². The number of hydrogen-bond acceptors (Lipinski definition) is 6. The van der Waals surface area contributed by atoms with Crippen molar-refractivity contribution in [3.05, 3.63) is 260 Å². The first-order valence-corrected chi connectivity index (χ1v) is 25.5. The summed E-state index contributed by atoms with van der Waals surface area (Å²) in [5.74, 6) is 3.52. The highest BCUT2D eigenvalue weighted by molar-refractivity contribution is 6.12. The van der Waals surface area contributed by atoms with E-state index in [4.69, 9.17) is 36.5 Å². The Bertz CT molecular complexity index is 4520. The van der Waals surface area contributed by atoms with Crippen LogP contribution in [0.5, 0.6) is 0 Å². The molecule has 360 valence electrons. The van der Waals surface area contributed by atoms with Gasteiger partial charge in [-0.25, -0.2) is 34.7 Å². The summed E-state index contributed by atoms with van der Waals surface area (Å²) < 4.78 is 4.78. The van der Waals surface area contributed by atoms with Gasteiger partial charge in [-0.15, -0.1) is 0 Å². The summed E-state index contributed by atoms with van der Waals surface area (Å²) in [5.41, 5.74) is 14.9. The Morgan fingerprint density at radius 3 is 1.06 bits per heavy atom. The van der Waals surface area contributed by atoms with Crippen molar-refractivity contribution in [1.29, 1.82) is 0 Å². The number of aromatic nitrogens is 8. The first-order valence-electron chi connectivity index (χ1n) is 25.5. The Morgan fingerprint density at radius 1 is 0.299 bits per heavy atom. The zero-order valence-corrected chi connectivity index (χ0v) is 41.6. The molecule has 0 fully saturated rings. The molecule has 14 aromatic rings. The maximum Gasteiger partial charge on any atom is 0.187 e. The van der Waals surface area contributed by atoms with E-state index in [2.05, 4.69) is 124 Å².